The maximum atomic E-state index is 11.6. The van der Waals surface area contributed by atoms with Crippen molar-refractivity contribution in [3.8, 4) is 5.75 Å². The average Bonchev–Trinajstić information content (AvgIpc) is 2.65. The van der Waals surface area contributed by atoms with Crippen LogP contribution in [-0.4, -0.2) is 30.0 Å². The van der Waals surface area contributed by atoms with Crippen LogP contribution in [0.1, 0.15) is 21.5 Å². The zero-order chi connectivity index (χ0) is 19.3. The number of esters is 1. The fourth-order valence-electron chi connectivity index (χ4n) is 2.23. The molecule has 9 nitrogen and oxygen atoms in total. The summed E-state index contributed by atoms with van der Waals surface area (Å²) >= 11 is 0. The molecule has 0 bridgehead atoms. The van der Waals surface area contributed by atoms with Gasteiger partial charge < -0.3 is 9.47 Å². The third kappa shape index (κ3) is 4.01. The van der Waals surface area contributed by atoms with E-state index in [0.29, 0.717) is 11.3 Å². The summed E-state index contributed by atoms with van der Waals surface area (Å²) in [4.78, 5) is 32.7. The van der Waals surface area contributed by atoms with Gasteiger partial charge in [0.15, 0.2) is 0 Å². The number of carbonyl (C=O) groups excluding carboxylic acids is 1. The lowest BCUT2D eigenvalue weighted by atomic mass is 10.0. The Morgan fingerprint density at radius 2 is 1.50 bits per heavy atom. The van der Waals surface area contributed by atoms with Crippen LogP contribution in [0.25, 0.3) is 12.2 Å². The van der Waals surface area contributed by atoms with Crippen molar-refractivity contribution in [2.75, 3.05) is 14.2 Å². The van der Waals surface area contributed by atoms with Crippen molar-refractivity contribution in [1.29, 1.82) is 0 Å². The SMILES string of the molecule is COC(=O)c1cc([N+](=O)[O-])c(C=Cc2ccc(OC)cc2)c([N+](=O)[O-])c1. The number of nitro groups is 2. The molecule has 0 spiro atoms. The van der Waals surface area contributed by atoms with E-state index < -0.39 is 27.2 Å². The van der Waals surface area contributed by atoms with Gasteiger partial charge in [-0.3, -0.25) is 20.2 Å². The normalized spacial score (nSPS) is 10.5. The molecule has 2 rings (SSSR count). The summed E-state index contributed by atoms with van der Waals surface area (Å²) in [7, 11) is 2.60. The van der Waals surface area contributed by atoms with Gasteiger partial charge in [-0.15, -0.1) is 0 Å². The predicted molar refractivity (Wildman–Crippen MR) is 93.0 cm³/mol. The minimum atomic E-state index is -0.901. The third-order valence-corrected chi connectivity index (χ3v) is 3.51. The summed E-state index contributed by atoms with van der Waals surface area (Å²) in [5.74, 6) is -0.275. The Kier molecular flexibility index (Phi) is 5.63. The highest BCUT2D eigenvalue weighted by molar-refractivity contribution is 5.93. The summed E-state index contributed by atoms with van der Waals surface area (Å²) in [5, 5.41) is 22.7. The maximum absolute atomic E-state index is 11.6. The van der Waals surface area contributed by atoms with E-state index in [1.807, 2.05) is 0 Å². The lowest BCUT2D eigenvalue weighted by Gasteiger charge is -2.04. The standard InChI is InChI=1S/C17H14N2O7/c1-25-13-6-3-11(4-7-13)5-8-14-15(18(21)22)9-12(17(20)26-2)10-16(14)19(23)24/h3-10H,1-2H3. The van der Waals surface area contributed by atoms with Gasteiger partial charge in [0.05, 0.1) is 29.6 Å². The molecule has 0 heterocycles. The highest BCUT2D eigenvalue weighted by Gasteiger charge is 2.27. The van der Waals surface area contributed by atoms with E-state index in [-0.39, 0.29) is 11.1 Å². The van der Waals surface area contributed by atoms with E-state index in [1.54, 1.807) is 24.3 Å². The van der Waals surface area contributed by atoms with Crippen LogP contribution < -0.4 is 4.74 Å². The molecule has 2 aromatic carbocycles. The van der Waals surface area contributed by atoms with Crippen molar-refractivity contribution in [2.24, 2.45) is 0 Å². The molecular formula is C17H14N2O7. The second-order valence-electron chi connectivity index (χ2n) is 5.04. The molecule has 0 aliphatic heterocycles. The molecule has 2 aromatic rings. The third-order valence-electron chi connectivity index (χ3n) is 3.51. The Hall–Kier alpha value is -3.75. The highest BCUT2D eigenvalue weighted by Crippen LogP contribution is 2.32. The predicted octanol–water partition coefficient (Wildman–Crippen LogP) is 3.47. The number of nitro benzene ring substituents is 2. The smallest absolute Gasteiger partial charge is 0.338 e. The molecule has 0 radical (unpaired) electrons. The van der Waals surface area contributed by atoms with E-state index in [0.717, 1.165) is 19.2 Å². The number of ether oxygens (including phenoxy) is 2. The van der Waals surface area contributed by atoms with Crippen LogP contribution in [0.5, 0.6) is 5.75 Å². The largest absolute Gasteiger partial charge is 0.497 e. The molecule has 134 valence electrons. The molecule has 0 aromatic heterocycles. The summed E-state index contributed by atoms with van der Waals surface area (Å²) in [6, 6.07) is 8.65. The molecule has 26 heavy (non-hydrogen) atoms. The first-order valence-corrected chi connectivity index (χ1v) is 7.24. The Labute approximate surface area is 147 Å². The molecule has 9 heteroatoms. The van der Waals surface area contributed by atoms with Crippen LogP contribution >= 0.6 is 0 Å². The summed E-state index contributed by atoms with van der Waals surface area (Å²) < 4.78 is 9.52. The van der Waals surface area contributed by atoms with Crippen LogP contribution in [0, 0.1) is 20.2 Å². The van der Waals surface area contributed by atoms with E-state index in [4.69, 9.17) is 4.74 Å². The molecule has 0 aliphatic carbocycles. The summed E-state index contributed by atoms with van der Waals surface area (Å²) in [6.45, 7) is 0. The van der Waals surface area contributed by atoms with Crippen molar-refractivity contribution in [1.82, 2.24) is 0 Å². The van der Waals surface area contributed by atoms with Crippen molar-refractivity contribution in [2.45, 2.75) is 0 Å². The Bertz CT molecular complexity index is 853. The van der Waals surface area contributed by atoms with Gasteiger partial charge in [0.1, 0.15) is 11.3 Å². The zero-order valence-electron chi connectivity index (χ0n) is 13.9. The molecule has 0 saturated carbocycles. The van der Waals surface area contributed by atoms with Gasteiger partial charge in [-0.05, 0) is 23.8 Å². The van der Waals surface area contributed by atoms with Gasteiger partial charge in [-0.2, -0.15) is 0 Å². The van der Waals surface area contributed by atoms with Gasteiger partial charge in [-0.1, -0.05) is 18.2 Å². The van der Waals surface area contributed by atoms with Gasteiger partial charge in [-0.25, -0.2) is 4.79 Å². The minimum absolute atomic E-state index is 0.219. The minimum Gasteiger partial charge on any atom is -0.497 e. The second kappa shape index (κ2) is 7.88. The number of methoxy groups -OCH3 is 2. The number of nitrogens with zero attached hydrogens (tertiary/aromatic N) is 2. The number of rotatable bonds is 6. The first-order chi connectivity index (χ1) is 12.4. The number of hydrogen-bond donors (Lipinski definition) is 0. The molecule has 0 amide bonds. The Morgan fingerprint density at radius 1 is 0.962 bits per heavy atom. The van der Waals surface area contributed by atoms with E-state index in [1.165, 1.54) is 19.3 Å². The maximum Gasteiger partial charge on any atom is 0.338 e. The van der Waals surface area contributed by atoms with Gasteiger partial charge >= 0.3 is 5.97 Å². The summed E-state index contributed by atoms with van der Waals surface area (Å²) in [5.41, 5.74) is -0.962. The lowest BCUT2D eigenvalue weighted by molar-refractivity contribution is -0.394. The highest BCUT2D eigenvalue weighted by atomic mass is 16.6. The van der Waals surface area contributed by atoms with E-state index in [2.05, 4.69) is 4.74 Å². The van der Waals surface area contributed by atoms with Gasteiger partial charge in [0, 0.05) is 12.1 Å². The Balaban J connectivity index is 2.57. The number of benzene rings is 2. The molecular weight excluding hydrogens is 344 g/mol. The van der Waals surface area contributed by atoms with Crippen LogP contribution in [0.15, 0.2) is 36.4 Å². The number of carbonyl (C=O) groups is 1. The average molecular weight is 358 g/mol. The monoisotopic (exact) mass is 358 g/mol. The topological polar surface area (TPSA) is 122 Å². The van der Waals surface area contributed by atoms with Crippen molar-refractivity contribution < 1.29 is 24.1 Å². The summed E-state index contributed by atoms with van der Waals surface area (Å²) in [6.07, 6.45) is 2.76. The van der Waals surface area contributed by atoms with E-state index in [9.17, 15) is 25.0 Å². The van der Waals surface area contributed by atoms with Gasteiger partial charge in [0.25, 0.3) is 11.4 Å². The molecule has 0 aliphatic rings. The first kappa shape index (κ1) is 18.6. The van der Waals surface area contributed by atoms with Crippen LogP contribution in [0.2, 0.25) is 0 Å². The zero-order valence-corrected chi connectivity index (χ0v) is 13.9. The van der Waals surface area contributed by atoms with Crippen LogP contribution in [-0.2, 0) is 4.74 Å². The quantitative estimate of drug-likeness (QED) is 0.335. The fourth-order valence-corrected chi connectivity index (χ4v) is 2.23. The fraction of sp³-hybridized carbons (Fsp3) is 0.118. The molecule has 0 saturated heterocycles. The van der Waals surface area contributed by atoms with E-state index >= 15 is 0 Å². The number of hydrogen-bond acceptors (Lipinski definition) is 7. The van der Waals surface area contributed by atoms with Crippen molar-refractivity contribution in [3.05, 3.63) is 73.3 Å². The van der Waals surface area contributed by atoms with Gasteiger partial charge in [0.2, 0.25) is 0 Å². The molecule has 0 atom stereocenters. The first-order valence-electron chi connectivity index (χ1n) is 7.24. The molecule has 0 fully saturated rings. The Morgan fingerprint density at radius 3 is 1.92 bits per heavy atom. The molecule has 0 unspecified atom stereocenters. The molecule has 0 N–H and O–H groups in total. The van der Waals surface area contributed by atoms with Crippen molar-refractivity contribution >= 4 is 29.5 Å². The van der Waals surface area contributed by atoms with Crippen LogP contribution in [0.4, 0.5) is 11.4 Å². The van der Waals surface area contributed by atoms with Crippen molar-refractivity contribution in [3.63, 3.8) is 0 Å². The lowest BCUT2D eigenvalue weighted by Crippen LogP contribution is -2.05. The second-order valence-corrected chi connectivity index (χ2v) is 5.04. The van der Waals surface area contributed by atoms with Crippen LogP contribution in [0.3, 0.4) is 0 Å².